The standard InChI is InChI=1S/C10H17OS/c11-10(12)8-4-7-9-5-2-1-3-6-9/h9H,1-8H2. The molecule has 1 aliphatic rings. The third kappa shape index (κ3) is 4.05. The van der Waals surface area contributed by atoms with E-state index in [1.165, 1.54) is 38.5 Å². The molecule has 0 heterocycles. The molecule has 1 rings (SSSR count). The Morgan fingerprint density at radius 2 is 1.92 bits per heavy atom. The van der Waals surface area contributed by atoms with E-state index in [-0.39, 0.29) is 5.12 Å². The maximum atomic E-state index is 10.5. The van der Waals surface area contributed by atoms with Gasteiger partial charge in [-0.15, -0.1) is 0 Å². The normalized spacial score (nSPS) is 19.3. The highest BCUT2D eigenvalue weighted by Crippen LogP contribution is 2.27. The molecule has 0 atom stereocenters. The molecule has 12 heavy (non-hydrogen) atoms. The van der Waals surface area contributed by atoms with E-state index in [1.807, 2.05) is 0 Å². The minimum atomic E-state index is -0.0641. The average Bonchev–Trinajstić information content (AvgIpc) is 2.05. The van der Waals surface area contributed by atoms with Gasteiger partial charge in [-0.1, -0.05) is 32.1 Å². The summed E-state index contributed by atoms with van der Waals surface area (Å²) in [5.41, 5.74) is 0. The quantitative estimate of drug-likeness (QED) is 0.655. The van der Waals surface area contributed by atoms with Crippen molar-refractivity contribution in [3.05, 3.63) is 0 Å². The van der Waals surface area contributed by atoms with Crippen LogP contribution in [0.15, 0.2) is 0 Å². The molecule has 2 heteroatoms. The fourth-order valence-electron chi connectivity index (χ4n) is 2.01. The van der Waals surface area contributed by atoms with Crippen molar-refractivity contribution in [2.45, 2.75) is 51.4 Å². The van der Waals surface area contributed by atoms with Crippen LogP contribution < -0.4 is 0 Å². The molecule has 0 aromatic heterocycles. The van der Waals surface area contributed by atoms with Gasteiger partial charge < -0.3 is 0 Å². The summed E-state index contributed by atoms with van der Waals surface area (Å²) in [5.74, 6) is 0.896. The largest absolute Gasteiger partial charge is 0.282 e. The topological polar surface area (TPSA) is 17.1 Å². The van der Waals surface area contributed by atoms with E-state index in [0.29, 0.717) is 6.42 Å². The van der Waals surface area contributed by atoms with Crippen LogP contribution in [0.3, 0.4) is 0 Å². The summed E-state index contributed by atoms with van der Waals surface area (Å²) in [4.78, 5) is 10.5. The van der Waals surface area contributed by atoms with Crippen LogP contribution in [0.1, 0.15) is 51.4 Å². The summed E-state index contributed by atoms with van der Waals surface area (Å²) in [6.45, 7) is 0. The number of hydrogen-bond acceptors (Lipinski definition) is 1. The fourth-order valence-corrected chi connectivity index (χ4v) is 2.16. The lowest BCUT2D eigenvalue weighted by Crippen LogP contribution is -2.06. The van der Waals surface area contributed by atoms with Crippen LogP contribution in [-0.4, -0.2) is 5.12 Å². The first-order valence-electron chi connectivity index (χ1n) is 4.99. The van der Waals surface area contributed by atoms with E-state index in [1.54, 1.807) is 0 Å². The van der Waals surface area contributed by atoms with Crippen LogP contribution >= 0.6 is 12.6 Å². The van der Waals surface area contributed by atoms with E-state index >= 15 is 0 Å². The van der Waals surface area contributed by atoms with Gasteiger partial charge >= 0.3 is 0 Å². The van der Waals surface area contributed by atoms with Gasteiger partial charge in [0.2, 0.25) is 5.12 Å². The Bertz CT molecular complexity index is 139. The van der Waals surface area contributed by atoms with Gasteiger partial charge in [0, 0.05) is 6.42 Å². The van der Waals surface area contributed by atoms with Gasteiger partial charge in [-0.2, -0.15) is 0 Å². The van der Waals surface area contributed by atoms with Crippen molar-refractivity contribution in [1.82, 2.24) is 0 Å². The van der Waals surface area contributed by atoms with E-state index in [9.17, 15) is 4.79 Å². The summed E-state index contributed by atoms with van der Waals surface area (Å²) >= 11 is 4.51. The minimum Gasteiger partial charge on any atom is -0.282 e. The van der Waals surface area contributed by atoms with E-state index in [4.69, 9.17) is 0 Å². The van der Waals surface area contributed by atoms with E-state index in [0.717, 1.165) is 12.3 Å². The van der Waals surface area contributed by atoms with Crippen molar-refractivity contribution >= 4 is 17.7 Å². The minimum absolute atomic E-state index is 0.0641. The highest BCUT2D eigenvalue weighted by Gasteiger charge is 2.12. The van der Waals surface area contributed by atoms with Crippen molar-refractivity contribution in [2.24, 2.45) is 5.92 Å². The molecule has 1 radical (unpaired) electrons. The molecule has 0 aliphatic heterocycles. The zero-order valence-corrected chi connectivity index (χ0v) is 8.37. The third-order valence-electron chi connectivity index (χ3n) is 2.72. The van der Waals surface area contributed by atoms with E-state index < -0.39 is 0 Å². The summed E-state index contributed by atoms with van der Waals surface area (Å²) < 4.78 is 0. The third-order valence-corrected chi connectivity index (χ3v) is 2.92. The van der Waals surface area contributed by atoms with Gasteiger partial charge in [0.15, 0.2) is 0 Å². The molecule has 1 saturated carbocycles. The van der Waals surface area contributed by atoms with Crippen LogP contribution in [0.2, 0.25) is 0 Å². The smallest absolute Gasteiger partial charge is 0.218 e. The molecule has 1 fully saturated rings. The molecule has 0 spiro atoms. The molecule has 0 saturated heterocycles. The number of carbonyl (C=O) groups excluding carboxylic acids is 1. The second-order valence-corrected chi connectivity index (χ2v) is 4.22. The van der Waals surface area contributed by atoms with Crippen molar-refractivity contribution in [3.8, 4) is 0 Å². The van der Waals surface area contributed by atoms with Crippen LogP contribution in [0, 0.1) is 5.92 Å². The van der Waals surface area contributed by atoms with Crippen molar-refractivity contribution in [1.29, 1.82) is 0 Å². The van der Waals surface area contributed by atoms with E-state index in [2.05, 4.69) is 12.6 Å². The molecule has 0 amide bonds. The second kappa shape index (κ2) is 5.52. The van der Waals surface area contributed by atoms with Gasteiger partial charge in [0.25, 0.3) is 0 Å². The van der Waals surface area contributed by atoms with Gasteiger partial charge in [-0.3, -0.25) is 4.79 Å². The fraction of sp³-hybridized carbons (Fsp3) is 0.900. The Hall–Kier alpha value is -0.110. The highest BCUT2D eigenvalue weighted by molar-refractivity contribution is 7.96. The summed E-state index contributed by atoms with van der Waals surface area (Å²) in [6, 6.07) is 0. The molecule has 0 aromatic rings. The van der Waals surface area contributed by atoms with Gasteiger partial charge in [0.05, 0.1) is 0 Å². The Morgan fingerprint density at radius 3 is 2.50 bits per heavy atom. The SMILES string of the molecule is O=C([S])CCCC1CCCCC1. The first kappa shape index (κ1) is 9.97. The lowest BCUT2D eigenvalue weighted by molar-refractivity contribution is -0.110. The molecule has 1 aliphatic carbocycles. The molecule has 0 aromatic carbocycles. The van der Waals surface area contributed by atoms with Crippen molar-refractivity contribution in [3.63, 3.8) is 0 Å². The zero-order valence-electron chi connectivity index (χ0n) is 7.55. The van der Waals surface area contributed by atoms with Crippen LogP contribution in [0.5, 0.6) is 0 Å². The molecule has 0 unspecified atom stereocenters. The first-order valence-corrected chi connectivity index (χ1v) is 5.39. The molecule has 69 valence electrons. The number of carbonyl (C=O) groups is 1. The monoisotopic (exact) mass is 185 g/mol. The lowest BCUT2D eigenvalue weighted by atomic mass is 9.86. The average molecular weight is 185 g/mol. The zero-order chi connectivity index (χ0) is 8.81. The predicted octanol–water partition coefficient (Wildman–Crippen LogP) is 3.46. The highest BCUT2D eigenvalue weighted by atomic mass is 32.1. The Morgan fingerprint density at radius 1 is 1.25 bits per heavy atom. The molecule has 0 bridgehead atoms. The molecule has 1 nitrogen and oxygen atoms in total. The van der Waals surface area contributed by atoms with Crippen molar-refractivity contribution < 1.29 is 4.79 Å². The van der Waals surface area contributed by atoms with Crippen LogP contribution in [0.25, 0.3) is 0 Å². The molecular formula is C10H17OS. The van der Waals surface area contributed by atoms with Gasteiger partial charge in [-0.05, 0) is 31.4 Å². The van der Waals surface area contributed by atoms with Crippen LogP contribution in [-0.2, 0) is 4.79 Å². The Labute approximate surface area is 80.3 Å². The van der Waals surface area contributed by atoms with Gasteiger partial charge in [-0.25, -0.2) is 0 Å². The van der Waals surface area contributed by atoms with Gasteiger partial charge in [0.1, 0.15) is 0 Å². The summed E-state index contributed by atoms with van der Waals surface area (Å²) in [6.07, 6.45) is 9.83. The van der Waals surface area contributed by atoms with Crippen LogP contribution in [0.4, 0.5) is 0 Å². The first-order chi connectivity index (χ1) is 5.79. The maximum absolute atomic E-state index is 10.5. The molecule has 0 N–H and O–H groups in total. The Balaban J connectivity index is 2.01. The summed E-state index contributed by atoms with van der Waals surface area (Å²) in [5, 5.41) is -0.0641. The number of hydrogen-bond donors (Lipinski definition) is 0. The predicted molar refractivity (Wildman–Crippen MR) is 53.0 cm³/mol. The lowest BCUT2D eigenvalue weighted by Gasteiger charge is -2.20. The Kier molecular flexibility index (Phi) is 4.59. The van der Waals surface area contributed by atoms with Crippen molar-refractivity contribution in [2.75, 3.05) is 0 Å². The molecular weight excluding hydrogens is 168 g/mol. The maximum Gasteiger partial charge on any atom is 0.218 e. The summed E-state index contributed by atoms with van der Waals surface area (Å²) in [7, 11) is 0. The second-order valence-electron chi connectivity index (χ2n) is 3.77. The number of rotatable bonds is 4.